The zero-order valence-corrected chi connectivity index (χ0v) is 8.18. The summed E-state index contributed by atoms with van der Waals surface area (Å²) in [5, 5.41) is 6.30. The molecule has 2 aliphatic rings. The molecule has 1 unspecified atom stereocenters. The normalized spacial score (nSPS) is 38.4. The van der Waals surface area contributed by atoms with Crippen molar-refractivity contribution in [1.29, 1.82) is 0 Å². The van der Waals surface area contributed by atoms with Crippen molar-refractivity contribution < 1.29 is 4.79 Å². The van der Waals surface area contributed by atoms with Crippen LogP contribution >= 0.6 is 0 Å². The number of hydrogen-bond acceptors (Lipinski definition) is 2. The Kier molecular flexibility index (Phi) is 2.54. The molecule has 1 saturated heterocycles. The van der Waals surface area contributed by atoms with Crippen LogP contribution in [0.15, 0.2) is 0 Å². The van der Waals surface area contributed by atoms with E-state index in [0.717, 1.165) is 25.3 Å². The molecule has 3 nitrogen and oxygen atoms in total. The molecule has 13 heavy (non-hydrogen) atoms. The van der Waals surface area contributed by atoms with Gasteiger partial charge in [0.15, 0.2) is 0 Å². The third-order valence-electron chi connectivity index (χ3n) is 3.10. The molecule has 0 spiro atoms. The Labute approximate surface area is 79.3 Å². The van der Waals surface area contributed by atoms with Gasteiger partial charge in [-0.05, 0) is 38.1 Å². The van der Waals surface area contributed by atoms with Crippen molar-refractivity contribution in [2.75, 3.05) is 6.54 Å². The second-order valence-electron chi connectivity index (χ2n) is 4.43. The molecule has 0 aromatic rings. The summed E-state index contributed by atoms with van der Waals surface area (Å²) >= 11 is 0. The molecule has 2 rings (SSSR count). The molecule has 0 aromatic heterocycles. The van der Waals surface area contributed by atoms with E-state index >= 15 is 0 Å². The highest BCUT2D eigenvalue weighted by atomic mass is 16.2. The largest absolute Gasteiger partial charge is 0.352 e. The number of carbonyl (C=O) groups is 1. The van der Waals surface area contributed by atoms with Crippen LogP contribution < -0.4 is 10.6 Å². The highest BCUT2D eigenvalue weighted by Crippen LogP contribution is 2.26. The molecule has 0 aromatic carbocycles. The predicted molar refractivity (Wildman–Crippen MR) is 51.4 cm³/mol. The van der Waals surface area contributed by atoms with Gasteiger partial charge in [0.05, 0.1) is 6.04 Å². The molecule has 1 aliphatic carbocycles. The van der Waals surface area contributed by atoms with Crippen LogP contribution in [0.4, 0.5) is 0 Å². The summed E-state index contributed by atoms with van der Waals surface area (Å²) in [6, 6.07) is 0.556. The molecule has 1 amide bonds. The molecule has 2 N–H and O–H groups in total. The van der Waals surface area contributed by atoms with Gasteiger partial charge in [-0.3, -0.25) is 4.79 Å². The molecule has 1 atom stereocenters. The molecule has 0 bridgehead atoms. The molecular formula is C10H18N2O. The van der Waals surface area contributed by atoms with Crippen LogP contribution in [-0.2, 0) is 4.79 Å². The summed E-state index contributed by atoms with van der Waals surface area (Å²) in [4.78, 5) is 11.6. The quantitative estimate of drug-likeness (QED) is 0.658. The summed E-state index contributed by atoms with van der Waals surface area (Å²) in [5.41, 5.74) is 0. The van der Waals surface area contributed by atoms with Crippen molar-refractivity contribution in [3.05, 3.63) is 0 Å². The molecular weight excluding hydrogens is 164 g/mol. The van der Waals surface area contributed by atoms with E-state index in [0.29, 0.717) is 6.04 Å². The number of carbonyl (C=O) groups excluding carboxylic acids is 1. The lowest BCUT2D eigenvalue weighted by Gasteiger charge is -2.34. The zero-order chi connectivity index (χ0) is 9.26. The number of rotatable bonds is 2. The number of nitrogens with one attached hydrogen (secondary N) is 2. The summed E-state index contributed by atoms with van der Waals surface area (Å²) in [5.74, 6) is 1.02. The van der Waals surface area contributed by atoms with Gasteiger partial charge < -0.3 is 10.6 Å². The van der Waals surface area contributed by atoms with Gasteiger partial charge in [0.2, 0.25) is 5.91 Å². The van der Waals surface area contributed by atoms with Gasteiger partial charge >= 0.3 is 0 Å². The van der Waals surface area contributed by atoms with Gasteiger partial charge in [0.1, 0.15) is 0 Å². The zero-order valence-electron chi connectivity index (χ0n) is 8.18. The predicted octanol–water partition coefficient (Wildman–Crippen LogP) is 0.653. The lowest BCUT2D eigenvalue weighted by atomic mass is 9.82. The van der Waals surface area contributed by atoms with Crippen LogP contribution in [0.25, 0.3) is 0 Å². The molecule has 1 saturated carbocycles. The third kappa shape index (κ3) is 2.02. The van der Waals surface area contributed by atoms with E-state index in [1.165, 1.54) is 12.8 Å². The molecule has 74 valence electrons. The fraction of sp³-hybridized carbons (Fsp3) is 0.900. The highest BCUT2D eigenvalue weighted by Gasteiger charge is 2.29. The Morgan fingerprint density at radius 2 is 2.23 bits per heavy atom. The van der Waals surface area contributed by atoms with E-state index in [1.54, 1.807) is 0 Å². The first-order chi connectivity index (χ1) is 6.25. The van der Waals surface area contributed by atoms with Crippen LogP contribution in [0, 0.1) is 5.92 Å². The summed E-state index contributed by atoms with van der Waals surface area (Å²) in [7, 11) is 0. The summed E-state index contributed by atoms with van der Waals surface area (Å²) in [6.45, 7) is 3.23. The van der Waals surface area contributed by atoms with Crippen molar-refractivity contribution in [3.63, 3.8) is 0 Å². The smallest absolute Gasteiger partial charge is 0.237 e. The maximum Gasteiger partial charge on any atom is 0.237 e. The molecule has 3 heteroatoms. The number of amides is 1. The van der Waals surface area contributed by atoms with Crippen molar-refractivity contribution >= 4 is 5.91 Å². The van der Waals surface area contributed by atoms with Crippen molar-refractivity contribution in [3.8, 4) is 0 Å². The lowest BCUT2D eigenvalue weighted by molar-refractivity contribution is -0.124. The first-order valence-corrected chi connectivity index (χ1v) is 5.29. The monoisotopic (exact) mass is 182 g/mol. The van der Waals surface area contributed by atoms with E-state index in [4.69, 9.17) is 0 Å². The van der Waals surface area contributed by atoms with E-state index in [9.17, 15) is 4.79 Å². The van der Waals surface area contributed by atoms with Gasteiger partial charge in [-0.15, -0.1) is 0 Å². The minimum absolute atomic E-state index is 0.0934. The second-order valence-corrected chi connectivity index (χ2v) is 4.43. The Morgan fingerprint density at radius 1 is 1.46 bits per heavy atom. The number of hydrogen-bond donors (Lipinski definition) is 2. The SMILES string of the molecule is CC1CC(NC(=O)C2CCCN2)C1. The van der Waals surface area contributed by atoms with E-state index in [-0.39, 0.29) is 11.9 Å². The van der Waals surface area contributed by atoms with E-state index in [1.807, 2.05) is 0 Å². The van der Waals surface area contributed by atoms with Crippen LogP contribution in [0.2, 0.25) is 0 Å². The summed E-state index contributed by atoms with van der Waals surface area (Å²) in [6.07, 6.45) is 4.48. The van der Waals surface area contributed by atoms with Crippen molar-refractivity contribution in [2.45, 2.75) is 44.7 Å². The average Bonchev–Trinajstić information content (AvgIpc) is 2.53. The third-order valence-corrected chi connectivity index (χ3v) is 3.10. The van der Waals surface area contributed by atoms with Gasteiger partial charge in [0, 0.05) is 6.04 Å². The van der Waals surface area contributed by atoms with E-state index in [2.05, 4.69) is 17.6 Å². The minimum Gasteiger partial charge on any atom is -0.352 e. The topological polar surface area (TPSA) is 41.1 Å². The van der Waals surface area contributed by atoms with Crippen LogP contribution in [0.5, 0.6) is 0 Å². The molecule has 0 radical (unpaired) electrons. The Morgan fingerprint density at radius 3 is 2.77 bits per heavy atom. The second kappa shape index (κ2) is 3.66. The first kappa shape index (κ1) is 9.00. The fourth-order valence-corrected chi connectivity index (χ4v) is 2.23. The molecule has 2 fully saturated rings. The van der Waals surface area contributed by atoms with Crippen LogP contribution in [-0.4, -0.2) is 24.5 Å². The Hall–Kier alpha value is -0.570. The van der Waals surface area contributed by atoms with Crippen LogP contribution in [0.3, 0.4) is 0 Å². The maximum absolute atomic E-state index is 11.6. The van der Waals surface area contributed by atoms with E-state index < -0.39 is 0 Å². The minimum atomic E-state index is 0.0934. The van der Waals surface area contributed by atoms with Gasteiger partial charge in [-0.25, -0.2) is 0 Å². The molecule has 1 heterocycles. The standard InChI is InChI=1S/C10H18N2O/c1-7-5-8(6-7)12-10(13)9-3-2-4-11-9/h7-9,11H,2-6H2,1H3,(H,12,13). The van der Waals surface area contributed by atoms with Crippen LogP contribution in [0.1, 0.15) is 32.6 Å². The molecule has 1 aliphatic heterocycles. The van der Waals surface area contributed by atoms with Crippen molar-refractivity contribution in [2.24, 2.45) is 5.92 Å². The first-order valence-electron chi connectivity index (χ1n) is 5.29. The summed E-state index contributed by atoms with van der Waals surface area (Å²) < 4.78 is 0. The maximum atomic E-state index is 11.6. The Bertz CT molecular complexity index is 193. The van der Waals surface area contributed by atoms with Gasteiger partial charge in [0.25, 0.3) is 0 Å². The van der Waals surface area contributed by atoms with Gasteiger partial charge in [-0.2, -0.15) is 0 Å². The average molecular weight is 182 g/mol. The lowest BCUT2D eigenvalue weighted by Crippen LogP contribution is -2.49. The van der Waals surface area contributed by atoms with Crippen molar-refractivity contribution in [1.82, 2.24) is 10.6 Å². The Balaban J connectivity index is 1.72. The highest BCUT2D eigenvalue weighted by molar-refractivity contribution is 5.82. The fourth-order valence-electron chi connectivity index (χ4n) is 2.23. The van der Waals surface area contributed by atoms with Gasteiger partial charge in [-0.1, -0.05) is 6.92 Å².